The van der Waals surface area contributed by atoms with Gasteiger partial charge in [0.15, 0.2) is 0 Å². The number of piperidine rings is 1. The van der Waals surface area contributed by atoms with Crippen molar-refractivity contribution in [1.82, 2.24) is 24.6 Å². The third-order valence-electron chi connectivity index (χ3n) is 5.31. The highest BCUT2D eigenvalue weighted by atomic mass is 79.9. The summed E-state index contributed by atoms with van der Waals surface area (Å²) >= 11 is 3.56. The maximum atomic E-state index is 12.3. The molecule has 0 N–H and O–H groups in total. The van der Waals surface area contributed by atoms with Crippen molar-refractivity contribution < 1.29 is 9.53 Å². The van der Waals surface area contributed by atoms with Crippen molar-refractivity contribution in [3.8, 4) is 11.3 Å². The van der Waals surface area contributed by atoms with E-state index in [2.05, 4.69) is 37.6 Å². The Labute approximate surface area is 184 Å². The van der Waals surface area contributed by atoms with Gasteiger partial charge in [-0.1, -0.05) is 6.07 Å². The van der Waals surface area contributed by atoms with E-state index in [-0.39, 0.29) is 12.1 Å². The number of nitrogens with zero attached hydrogens (tertiary/aromatic N) is 5. The zero-order valence-corrected chi connectivity index (χ0v) is 19.3. The monoisotopic (exact) mass is 471 g/mol. The number of carbonyl (C=O) groups excluding carboxylic acids is 1. The van der Waals surface area contributed by atoms with Crippen molar-refractivity contribution in [3.05, 3.63) is 40.8 Å². The van der Waals surface area contributed by atoms with E-state index >= 15 is 0 Å². The van der Waals surface area contributed by atoms with Gasteiger partial charge in [-0.15, -0.1) is 0 Å². The molecule has 1 aliphatic rings. The van der Waals surface area contributed by atoms with Crippen molar-refractivity contribution in [2.24, 2.45) is 0 Å². The molecule has 3 heterocycles. The molecule has 8 heteroatoms. The second-order valence-electron chi connectivity index (χ2n) is 8.65. The number of aromatic nitrogens is 4. The fraction of sp³-hybridized carbons (Fsp3) is 0.455. The molecule has 1 amide bonds. The molecule has 7 nitrogen and oxygen atoms in total. The van der Waals surface area contributed by atoms with Gasteiger partial charge in [0, 0.05) is 28.8 Å². The van der Waals surface area contributed by atoms with E-state index in [1.54, 1.807) is 11.1 Å². The highest BCUT2D eigenvalue weighted by Gasteiger charge is 2.29. The van der Waals surface area contributed by atoms with Crippen LogP contribution in [0.2, 0.25) is 0 Å². The number of likely N-dealkylation sites (tertiary alicyclic amines) is 1. The van der Waals surface area contributed by atoms with Crippen molar-refractivity contribution in [1.29, 1.82) is 0 Å². The SMILES string of the molecule is Cc1c(-c2cnc3cccc(Br)c3n2)cnn1C1CCN(C(=O)OC(C)(C)C)CC1. The average molecular weight is 472 g/mol. The number of amides is 1. The van der Waals surface area contributed by atoms with Crippen LogP contribution >= 0.6 is 15.9 Å². The Morgan fingerprint density at radius 3 is 2.63 bits per heavy atom. The maximum absolute atomic E-state index is 12.3. The molecule has 0 aliphatic carbocycles. The summed E-state index contributed by atoms with van der Waals surface area (Å²) in [5.74, 6) is 0. The lowest BCUT2D eigenvalue weighted by Crippen LogP contribution is -2.42. The third kappa shape index (κ3) is 4.19. The summed E-state index contributed by atoms with van der Waals surface area (Å²) in [5, 5.41) is 4.65. The number of benzene rings is 1. The fourth-order valence-corrected chi connectivity index (χ4v) is 4.24. The molecule has 4 rings (SSSR count). The van der Waals surface area contributed by atoms with Crippen LogP contribution in [0, 0.1) is 6.92 Å². The van der Waals surface area contributed by atoms with Crippen LogP contribution in [0.3, 0.4) is 0 Å². The molecule has 30 heavy (non-hydrogen) atoms. The number of para-hydroxylation sites is 1. The summed E-state index contributed by atoms with van der Waals surface area (Å²) in [5.41, 5.74) is 4.07. The first-order valence-corrected chi connectivity index (χ1v) is 11.0. The van der Waals surface area contributed by atoms with Gasteiger partial charge in [0.05, 0.1) is 29.6 Å². The normalized spacial score (nSPS) is 15.6. The Balaban J connectivity index is 1.51. The first-order valence-electron chi connectivity index (χ1n) is 10.2. The Bertz CT molecular complexity index is 1080. The number of hydrogen-bond donors (Lipinski definition) is 0. The molecule has 0 radical (unpaired) electrons. The van der Waals surface area contributed by atoms with Gasteiger partial charge in [0.2, 0.25) is 0 Å². The number of halogens is 1. The fourth-order valence-electron chi connectivity index (χ4n) is 3.79. The van der Waals surface area contributed by atoms with Crippen LogP contribution in [-0.2, 0) is 4.74 Å². The van der Waals surface area contributed by atoms with Gasteiger partial charge in [0.1, 0.15) is 11.1 Å². The molecule has 158 valence electrons. The summed E-state index contributed by atoms with van der Waals surface area (Å²) in [6, 6.07) is 6.12. The number of hydrogen-bond acceptors (Lipinski definition) is 5. The first kappa shape index (κ1) is 20.8. The number of fused-ring (bicyclic) bond motifs is 1. The highest BCUT2D eigenvalue weighted by molar-refractivity contribution is 9.10. The van der Waals surface area contributed by atoms with E-state index in [1.807, 2.05) is 45.2 Å². The summed E-state index contributed by atoms with van der Waals surface area (Å²) in [6.45, 7) is 9.06. The van der Waals surface area contributed by atoms with Crippen LogP contribution in [0.25, 0.3) is 22.3 Å². The molecular weight excluding hydrogens is 446 g/mol. The lowest BCUT2D eigenvalue weighted by Gasteiger charge is -2.33. The Morgan fingerprint density at radius 2 is 1.93 bits per heavy atom. The number of ether oxygens (including phenoxy) is 1. The van der Waals surface area contributed by atoms with Gasteiger partial charge in [0.25, 0.3) is 0 Å². The molecule has 0 atom stereocenters. The molecular formula is C22H26BrN5O2. The van der Waals surface area contributed by atoms with Gasteiger partial charge < -0.3 is 9.64 Å². The first-order chi connectivity index (χ1) is 14.2. The van der Waals surface area contributed by atoms with Gasteiger partial charge in [-0.3, -0.25) is 9.67 Å². The standard InChI is InChI=1S/C22H26BrN5O2/c1-14-16(19-13-24-18-7-5-6-17(23)20(18)26-19)12-25-28(14)15-8-10-27(11-9-15)21(29)30-22(2,3)4/h5-7,12-13,15H,8-11H2,1-4H3. The molecule has 2 aromatic heterocycles. The molecule has 1 saturated heterocycles. The highest BCUT2D eigenvalue weighted by Crippen LogP contribution is 2.30. The van der Waals surface area contributed by atoms with Crippen LogP contribution in [0.1, 0.15) is 45.3 Å². The summed E-state index contributed by atoms with van der Waals surface area (Å²) < 4.78 is 8.48. The lowest BCUT2D eigenvalue weighted by molar-refractivity contribution is 0.0184. The van der Waals surface area contributed by atoms with Gasteiger partial charge >= 0.3 is 6.09 Å². The van der Waals surface area contributed by atoms with Crippen LogP contribution in [-0.4, -0.2) is 49.4 Å². The van der Waals surface area contributed by atoms with E-state index in [0.29, 0.717) is 13.1 Å². The molecule has 0 saturated carbocycles. The van der Waals surface area contributed by atoms with Crippen molar-refractivity contribution in [2.75, 3.05) is 13.1 Å². The van der Waals surface area contributed by atoms with Crippen molar-refractivity contribution in [2.45, 2.75) is 52.2 Å². The molecule has 0 spiro atoms. The Kier molecular flexibility index (Phi) is 5.53. The van der Waals surface area contributed by atoms with E-state index in [1.165, 1.54) is 0 Å². The quantitative estimate of drug-likeness (QED) is 0.517. The smallest absolute Gasteiger partial charge is 0.410 e. The molecule has 1 aromatic carbocycles. The molecule has 0 bridgehead atoms. The Morgan fingerprint density at radius 1 is 1.20 bits per heavy atom. The predicted molar refractivity (Wildman–Crippen MR) is 119 cm³/mol. The minimum absolute atomic E-state index is 0.240. The topological polar surface area (TPSA) is 73.1 Å². The molecule has 3 aromatic rings. The minimum atomic E-state index is -0.475. The van der Waals surface area contributed by atoms with E-state index in [4.69, 9.17) is 9.72 Å². The van der Waals surface area contributed by atoms with Crippen LogP contribution < -0.4 is 0 Å². The zero-order chi connectivity index (χ0) is 21.5. The number of rotatable bonds is 2. The van der Waals surface area contributed by atoms with E-state index < -0.39 is 5.60 Å². The Hall–Kier alpha value is -2.48. The van der Waals surface area contributed by atoms with Gasteiger partial charge in [-0.25, -0.2) is 9.78 Å². The second kappa shape index (κ2) is 7.98. The zero-order valence-electron chi connectivity index (χ0n) is 17.7. The summed E-state index contributed by atoms with van der Waals surface area (Å²) in [6.07, 6.45) is 5.11. The van der Waals surface area contributed by atoms with Crippen molar-refractivity contribution in [3.63, 3.8) is 0 Å². The molecule has 0 unspecified atom stereocenters. The molecule has 1 fully saturated rings. The summed E-state index contributed by atoms with van der Waals surface area (Å²) in [7, 11) is 0. The van der Waals surface area contributed by atoms with Crippen LogP contribution in [0.15, 0.2) is 35.1 Å². The van der Waals surface area contributed by atoms with Crippen LogP contribution in [0.5, 0.6) is 0 Å². The largest absolute Gasteiger partial charge is 0.444 e. The van der Waals surface area contributed by atoms with Gasteiger partial charge in [-0.05, 0) is 68.6 Å². The summed E-state index contributed by atoms with van der Waals surface area (Å²) in [4.78, 5) is 23.4. The average Bonchev–Trinajstić information content (AvgIpc) is 3.08. The molecule has 1 aliphatic heterocycles. The van der Waals surface area contributed by atoms with E-state index in [0.717, 1.165) is 45.3 Å². The third-order valence-corrected chi connectivity index (χ3v) is 5.95. The predicted octanol–water partition coefficient (Wildman–Crippen LogP) is 5.14. The van der Waals surface area contributed by atoms with Crippen molar-refractivity contribution >= 4 is 33.1 Å². The lowest BCUT2D eigenvalue weighted by atomic mass is 10.0. The van der Waals surface area contributed by atoms with Gasteiger partial charge in [-0.2, -0.15) is 5.10 Å². The number of carbonyl (C=O) groups is 1. The van der Waals surface area contributed by atoms with Crippen LogP contribution in [0.4, 0.5) is 4.79 Å². The minimum Gasteiger partial charge on any atom is -0.444 e. The second-order valence-corrected chi connectivity index (χ2v) is 9.50. The van der Waals surface area contributed by atoms with E-state index in [9.17, 15) is 4.79 Å². The maximum Gasteiger partial charge on any atom is 0.410 e.